The molecule has 16 heavy (non-hydrogen) atoms. The van der Waals surface area contributed by atoms with E-state index in [0.717, 1.165) is 0 Å². The molecule has 0 saturated carbocycles. The third-order valence-electron chi connectivity index (χ3n) is 3.31. The van der Waals surface area contributed by atoms with Crippen molar-refractivity contribution >= 4 is 23.0 Å². The first-order chi connectivity index (χ1) is 7.91. The summed E-state index contributed by atoms with van der Waals surface area (Å²) in [5, 5.41) is 0. The molecule has 0 spiro atoms. The Morgan fingerprint density at radius 1 is 0.500 bits per heavy atom. The summed E-state index contributed by atoms with van der Waals surface area (Å²) in [6, 6.07) is 0. The Kier molecular flexibility index (Phi) is 16.6. The molecule has 0 saturated heterocycles. The van der Waals surface area contributed by atoms with Crippen molar-refractivity contribution in [1.29, 1.82) is 0 Å². The number of rotatable bonds is 13. The summed E-state index contributed by atoms with van der Waals surface area (Å²) in [5.74, 6) is 0. The molecule has 0 nitrogen and oxygen atoms in total. The zero-order valence-corrected chi connectivity index (χ0v) is 14.8. The summed E-state index contributed by atoms with van der Waals surface area (Å²) in [6.07, 6.45) is 19.2. The molecule has 0 aliphatic heterocycles. The van der Waals surface area contributed by atoms with Gasteiger partial charge in [-0.1, -0.05) is 19.8 Å². The van der Waals surface area contributed by atoms with E-state index in [2.05, 4.69) is 6.92 Å². The Balaban J connectivity index is 2.83. The van der Waals surface area contributed by atoms with Gasteiger partial charge in [-0.15, -0.1) is 0 Å². The van der Waals surface area contributed by atoms with Crippen LogP contribution in [0, 0.1) is 0 Å². The first-order valence-corrected chi connectivity index (χ1v) is 9.95. The van der Waals surface area contributed by atoms with E-state index in [0.29, 0.717) is 0 Å². The van der Waals surface area contributed by atoms with Gasteiger partial charge in [0.2, 0.25) is 0 Å². The third-order valence-corrected chi connectivity index (χ3v) is 4.47. The fourth-order valence-corrected chi connectivity index (χ4v) is 2.99. The van der Waals surface area contributed by atoms with Crippen LogP contribution in [0.1, 0.15) is 90.4 Å². The molecular weight excluding hydrogens is 302 g/mol. The van der Waals surface area contributed by atoms with Crippen LogP contribution in [0.15, 0.2) is 0 Å². The minimum absolute atomic E-state index is 1.38. The molecule has 1 heteroatoms. The zero-order chi connectivity index (χ0) is 11.9. The standard InChI is InChI=1S/C15H31.Sb.2H/c1-3-5-7-9-11-13-15-14-12-10-8-6-4-2;;;/h1,3-15H2,2H3;;;. The van der Waals surface area contributed by atoms with E-state index in [1.54, 1.807) is 0 Å². The van der Waals surface area contributed by atoms with Gasteiger partial charge in [-0.3, -0.25) is 0 Å². The molecule has 0 N–H and O–H groups in total. The molecule has 0 aliphatic carbocycles. The van der Waals surface area contributed by atoms with Gasteiger partial charge in [0.1, 0.15) is 0 Å². The number of hydrogen-bond acceptors (Lipinski definition) is 0. The van der Waals surface area contributed by atoms with Crippen molar-refractivity contribution in [2.45, 2.75) is 94.8 Å². The van der Waals surface area contributed by atoms with Gasteiger partial charge < -0.3 is 0 Å². The average molecular weight is 335 g/mol. The topological polar surface area (TPSA) is 0 Å². The van der Waals surface area contributed by atoms with Crippen LogP contribution in [-0.2, 0) is 0 Å². The Bertz CT molecular complexity index is 98.0. The van der Waals surface area contributed by atoms with Crippen molar-refractivity contribution in [3.63, 3.8) is 0 Å². The molecule has 0 atom stereocenters. The maximum atomic E-state index is 2.29. The van der Waals surface area contributed by atoms with E-state index < -0.39 is 0 Å². The molecule has 0 unspecified atom stereocenters. The second-order valence-electron chi connectivity index (χ2n) is 5.03. The van der Waals surface area contributed by atoms with Gasteiger partial charge >= 0.3 is 98.0 Å². The van der Waals surface area contributed by atoms with E-state index >= 15 is 0 Å². The molecule has 0 rings (SSSR count). The Morgan fingerprint density at radius 3 is 1.12 bits per heavy atom. The van der Waals surface area contributed by atoms with Crippen LogP contribution in [0.2, 0.25) is 4.37 Å². The second kappa shape index (κ2) is 15.8. The minimum atomic E-state index is 1.38. The van der Waals surface area contributed by atoms with Crippen LogP contribution in [0.3, 0.4) is 0 Å². The van der Waals surface area contributed by atoms with Gasteiger partial charge in [0.05, 0.1) is 0 Å². The quantitative estimate of drug-likeness (QED) is 0.323. The Labute approximate surface area is 117 Å². The van der Waals surface area contributed by atoms with Gasteiger partial charge in [-0.25, -0.2) is 0 Å². The van der Waals surface area contributed by atoms with Gasteiger partial charge in [0, 0.05) is 0 Å². The molecule has 0 aromatic rings. The predicted octanol–water partition coefficient (Wildman–Crippen LogP) is 5.13. The fourth-order valence-electron chi connectivity index (χ4n) is 2.16. The number of unbranched alkanes of at least 4 members (excludes halogenated alkanes) is 12. The summed E-state index contributed by atoms with van der Waals surface area (Å²) >= 11 is 1.47. The summed E-state index contributed by atoms with van der Waals surface area (Å²) in [6.45, 7) is 2.29. The van der Waals surface area contributed by atoms with Crippen LogP contribution in [0.5, 0.6) is 0 Å². The van der Waals surface area contributed by atoms with E-state index in [1.165, 1.54) is 111 Å². The molecule has 98 valence electrons. The molecule has 0 fully saturated rings. The average Bonchev–Trinajstić information content (AvgIpc) is 2.31. The van der Waals surface area contributed by atoms with Crippen molar-refractivity contribution in [1.82, 2.24) is 0 Å². The van der Waals surface area contributed by atoms with E-state index in [4.69, 9.17) is 0 Å². The summed E-state index contributed by atoms with van der Waals surface area (Å²) < 4.78 is 1.50. The van der Waals surface area contributed by atoms with Crippen LogP contribution in [0.4, 0.5) is 0 Å². The molecule has 0 amide bonds. The summed E-state index contributed by atoms with van der Waals surface area (Å²) in [5.41, 5.74) is 0. The van der Waals surface area contributed by atoms with Gasteiger partial charge in [-0.2, -0.15) is 0 Å². The van der Waals surface area contributed by atoms with Crippen molar-refractivity contribution in [2.24, 2.45) is 0 Å². The van der Waals surface area contributed by atoms with E-state index in [-0.39, 0.29) is 0 Å². The normalized spacial score (nSPS) is 10.9. The van der Waals surface area contributed by atoms with Crippen molar-refractivity contribution < 1.29 is 0 Å². The molecule has 0 heterocycles. The molecule has 0 aromatic heterocycles. The van der Waals surface area contributed by atoms with Gasteiger partial charge in [-0.05, 0) is 0 Å². The van der Waals surface area contributed by atoms with Gasteiger partial charge in [0.15, 0.2) is 0 Å². The number of hydrogen-bond donors (Lipinski definition) is 0. The van der Waals surface area contributed by atoms with E-state index in [9.17, 15) is 0 Å². The first-order valence-electron chi connectivity index (χ1n) is 7.62. The molecule has 0 aliphatic rings. The molecule has 0 bridgehead atoms. The van der Waals surface area contributed by atoms with Crippen molar-refractivity contribution in [2.75, 3.05) is 0 Å². The Hall–Kier alpha value is 0.818. The monoisotopic (exact) mass is 334 g/mol. The Morgan fingerprint density at radius 2 is 0.812 bits per heavy atom. The molecule has 0 radical (unpaired) electrons. The summed E-state index contributed by atoms with van der Waals surface area (Å²) in [7, 11) is 0. The summed E-state index contributed by atoms with van der Waals surface area (Å²) in [4.78, 5) is 0. The van der Waals surface area contributed by atoms with E-state index in [1.807, 2.05) is 0 Å². The SMILES string of the molecule is CCCCCCCCCCCCCC[CH2][SbH2]. The zero-order valence-electron chi connectivity index (χ0n) is 11.5. The van der Waals surface area contributed by atoms with Crippen LogP contribution in [0.25, 0.3) is 0 Å². The maximum absolute atomic E-state index is 2.29. The van der Waals surface area contributed by atoms with Gasteiger partial charge in [0.25, 0.3) is 0 Å². The molecular formula is C15H33Sb. The van der Waals surface area contributed by atoms with Crippen molar-refractivity contribution in [3.8, 4) is 0 Å². The second-order valence-corrected chi connectivity index (χ2v) is 6.68. The van der Waals surface area contributed by atoms with Crippen LogP contribution < -0.4 is 0 Å². The predicted molar refractivity (Wildman–Crippen MR) is 79.0 cm³/mol. The first kappa shape index (κ1) is 16.8. The molecule has 0 aromatic carbocycles. The van der Waals surface area contributed by atoms with Crippen LogP contribution in [-0.4, -0.2) is 23.0 Å². The fraction of sp³-hybridized carbons (Fsp3) is 1.00. The third kappa shape index (κ3) is 14.8. The van der Waals surface area contributed by atoms with Crippen molar-refractivity contribution in [3.05, 3.63) is 0 Å². The van der Waals surface area contributed by atoms with Crippen LogP contribution >= 0.6 is 0 Å².